The zero-order valence-corrected chi connectivity index (χ0v) is 17.8. The number of methoxy groups -OCH3 is 1. The van der Waals surface area contributed by atoms with E-state index >= 15 is 0 Å². The van der Waals surface area contributed by atoms with Gasteiger partial charge in [0.1, 0.15) is 11.5 Å². The fourth-order valence-electron chi connectivity index (χ4n) is 2.68. The quantitative estimate of drug-likeness (QED) is 0.421. The molecule has 4 nitrogen and oxygen atoms in total. The van der Waals surface area contributed by atoms with Crippen molar-refractivity contribution in [2.45, 2.75) is 12.8 Å². The number of hydrogen-bond acceptors (Lipinski definition) is 3. The Morgan fingerprint density at radius 2 is 1.59 bits per heavy atom. The average Bonchev–Trinajstić information content (AvgIpc) is 2.70. The van der Waals surface area contributed by atoms with Gasteiger partial charge in [-0.3, -0.25) is 4.79 Å². The molecule has 1 amide bonds. The van der Waals surface area contributed by atoms with Crippen LogP contribution in [0, 0.1) is 0 Å². The summed E-state index contributed by atoms with van der Waals surface area (Å²) in [6, 6.07) is 17.4. The van der Waals surface area contributed by atoms with Crippen LogP contribution in [0.25, 0.3) is 0 Å². The highest BCUT2D eigenvalue weighted by Gasteiger charge is 2.12. The van der Waals surface area contributed by atoms with Gasteiger partial charge in [0.2, 0.25) is 5.91 Å². The van der Waals surface area contributed by atoms with E-state index in [1.165, 1.54) is 0 Å². The van der Waals surface area contributed by atoms with Crippen LogP contribution < -0.4 is 14.8 Å². The smallest absolute Gasteiger partial charge is 0.224 e. The molecular formula is C22H18Cl3NO3. The van der Waals surface area contributed by atoms with Gasteiger partial charge in [-0.1, -0.05) is 40.9 Å². The van der Waals surface area contributed by atoms with Crippen LogP contribution in [-0.2, 0) is 11.2 Å². The number of amides is 1. The molecule has 0 bridgehead atoms. The number of rotatable bonds is 7. The summed E-state index contributed by atoms with van der Waals surface area (Å²) in [7, 11) is 1.60. The first-order chi connectivity index (χ1) is 14.0. The van der Waals surface area contributed by atoms with Gasteiger partial charge in [-0.25, -0.2) is 0 Å². The van der Waals surface area contributed by atoms with Crippen molar-refractivity contribution in [2.24, 2.45) is 0 Å². The van der Waals surface area contributed by atoms with Gasteiger partial charge in [0, 0.05) is 21.5 Å². The summed E-state index contributed by atoms with van der Waals surface area (Å²) in [5.41, 5.74) is 1.22. The fraction of sp³-hybridized carbons (Fsp3) is 0.136. The summed E-state index contributed by atoms with van der Waals surface area (Å²) in [4.78, 5) is 12.5. The Kier molecular flexibility index (Phi) is 7.26. The molecule has 0 fully saturated rings. The molecule has 3 aromatic carbocycles. The van der Waals surface area contributed by atoms with E-state index in [4.69, 9.17) is 44.3 Å². The maximum absolute atomic E-state index is 12.5. The van der Waals surface area contributed by atoms with Crippen molar-refractivity contribution in [3.05, 3.63) is 81.3 Å². The minimum atomic E-state index is -0.206. The van der Waals surface area contributed by atoms with Gasteiger partial charge in [-0.05, 0) is 66.6 Å². The summed E-state index contributed by atoms with van der Waals surface area (Å²) >= 11 is 18.4. The molecule has 3 aromatic rings. The lowest BCUT2D eigenvalue weighted by molar-refractivity contribution is -0.116. The maximum atomic E-state index is 12.5. The Morgan fingerprint density at radius 3 is 2.24 bits per heavy atom. The summed E-state index contributed by atoms with van der Waals surface area (Å²) in [5.74, 6) is 1.60. The molecule has 0 aliphatic carbocycles. The Balaban J connectivity index is 1.70. The number of nitrogens with one attached hydrogen (secondary N) is 1. The number of carbonyl (C=O) groups is 1. The molecule has 0 saturated carbocycles. The fourth-order valence-corrected chi connectivity index (χ4v) is 3.44. The first-order valence-electron chi connectivity index (χ1n) is 8.80. The highest BCUT2D eigenvalue weighted by atomic mass is 35.5. The number of halogens is 3. The predicted octanol–water partition coefficient (Wildman–Crippen LogP) is 7.02. The number of anilines is 1. The van der Waals surface area contributed by atoms with Crippen LogP contribution in [0.2, 0.25) is 15.1 Å². The molecule has 0 atom stereocenters. The average molecular weight is 451 g/mol. The minimum Gasteiger partial charge on any atom is -0.497 e. The summed E-state index contributed by atoms with van der Waals surface area (Å²) in [5, 5.41) is 4.40. The number of ether oxygens (including phenoxy) is 2. The van der Waals surface area contributed by atoms with Crippen molar-refractivity contribution in [2.75, 3.05) is 12.4 Å². The van der Waals surface area contributed by atoms with E-state index in [0.717, 1.165) is 11.3 Å². The third kappa shape index (κ3) is 5.80. The van der Waals surface area contributed by atoms with Gasteiger partial charge in [0.05, 0.1) is 12.8 Å². The predicted molar refractivity (Wildman–Crippen MR) is 118 cm³/mol. The van der Waals surface area contributed by atoms with Crippen molar-refractivity contribution in [1.82, 2.24) is 0 Å². The second kappa shape index (κ2) is 9.88. The van der Waals surface area contributed by atoms with Crippen LogP contribution in [-0.4, -0.2) is 13.0 Å². The van der Waals surface area contributed by atoms with Gasteiger partial charge >= 0.3 is 0 Å². The Hall–Kier alpha value is -2.40. The van der Waals surface area contributed by atoms with E-state index in [-0.39, 0.29) is 12.3 Å². The number of hydrogen-bond donors (Lipinski definition) is 1. The Morgan fingerprint density at radius 1 is 0.931 bits per heavy atom. The van der Waals surface area contributed by atoms with E-state index in [1.807, 2.05) is 0 Å². The first kappa shape index (κ1) is 21.3. The molecule has 0 unspecified atom stereocenters. The second-order valence-corrected chi connectivity index (χ2v) is 7.42. The Bertz CT molecular complexity index is 986. The van der Waals surface area contributed by atoms with Crippen molar-refractivity contribution in [3.63, 3.8) is 0 Å². The van der Waals surface area contributed by atoms with Gasteiger partial charge in [-0.15, -0.1) is 0 Å². The van der Waals surface area contributed by atoms with E-state index in [0.29, 0.717) is 38.7 Å². The van der Waals surface area contributed by atoms with E-state index in [9.17, 15) is 4.79 Å². The van der Waals surface area contributed by atoms with Crippen LogP contribution in [0.15, 0.2) is 60.7 Å². The molecule has 0 heterocycles. The van der Waals surface area contributed by atoms with E-state index < -0.39 is 0 Å². The zero-order valence-electron chi connectivity index (χ0n) is 15.5. The topological polar surface area (TPSA) is 47.6 Å². The molecule has 3 rings (SSSR count). The normalized spacial score (nSPS) is 10.5. The van der Waals surface area contributed by atoms with Crippen molar-refractivity contribution >= 4 is 46.4 Å². The van der Waals surface area contributed by atoms with Crippen molar-refractivity contribution < 1.29 is 14.3 Å². The van der Waals surface area contributed by atoms with Gasteiger partial charge in [0.15, 0.2) is 5.75 Å². The van der Waals surface area contributed by atoms with Crippen molar-refractivity contribution in [1.29, 1.82) is 0 Å². The molecule has 0 radical (unpaired) electrons. The highest BCUT2D eigenvalue weighted by molar-refractivity contribution is 6.36. The summed E-state index contributed by atoms with van der Waals surface area (Å²) < 4.78 is 11.0. The third-order valence-electron chi connectivity index (χ3n) is 4.17. The van der Waals surface area contributed by atoms with Crippen molar-refractivity contribution in [3.8, 4) is 17.2 Å². The lowest BCUT2D eigenvalue weighted by Crippen LogP contribution is -2.13. The largest absolute Gasteiger partial charge is 0.497 e. The maximum Gasteiger partial charge on any atom is 0.224 e. The van der Waals surface area contributed by atoms with Crippen LogP contribution in [0.4, 0.5) is 5.69 Å². The van der Waals surface area contributed by atoms with E-state index in [1.54, 1.807) is 67.8 Å². The standard InChI is InChI=1S/C22H18Cl3NO3/c1-28-15-6-8-16(9-7-15)29-21-11-5-14(23)13-20(21)26-22(27)12-10-17-18(24)3-2-4-19(17)25/h2-9,11,13H,10,12H2,1H3,(H,26,27). The number of carbonyl (C=O) groups excluding carboxylic acids is 1. The minimum absolute atomic E-state index is 0.206. The Labute approximate surface area is 184 Å². The van der Waals surface area contributed by atoms with Crippen LogP contribution >= 0.6 is 34.8 Å². The number of benzene rings is 3. The molecule has 0 spiro atoms. The lowest BCUT2D eigenvalue weighted by atomic mass is 10.1. The SMILES string of the molecule is COc1ccc(Oc2ccc(Cl)cc2NC(=O)CCc2c(Cl)cccc2Cl)cc1. The molecule has 29 heavy (non-hydrogen) atoms. The molecule has 0 saturated heterocycles. The molecule has 1 N–H and O–H groups in total. The van der Waals surface area contributed by atoms with Gasteiger partial charge < -0.3 is 14.8 Å². The molecule has 150 valence electrons. The molecule has 0 aliphatic heterocycles. The second-order valence-electron chi connectivity index (χ2n) is 6.17. The van der Waals surface area contributed by atoms with Gasteiger partial charge in [0.25, 0.3) is 0 Å². The monoisotopic (exact) mass is 449 g/mol. The lowest BCUT2D eigenvalue weighted by Gasteiger charge is -2.13. The third-order valence-corrected chi connectivity index (χ3v) is 5.11. The van der Waals surface area contributed by atoms with Crippen LogP contribution in [0.5, 0.6) is 17.2 Å². The van der Waals surface area contributed by atoms with Crippen LogP contribution in [0.1, 0.15) is 12.0 Å². The highest BCUT2D eigenvalue weighted by Crippen LogP contribution is 2.33. The first-order valence-corrected chi connectivity index (χ1v) is 9.94. The van der Waals surface area contributed by atoms with Gasteiger partial charge in [-0.2, -0.15) is 0 Å². The molecule has 0 aliphatic rings. The van der Waals surface area contributed by atoms with E-state index in [2.05, 4.69) is 5.32 Å². The molecule has 7 heteroatoms. The summed E-state index contributed by atoms with van der Waals surface area (Å²) in [6.45, 7) is 0. The van der Waals surface area contributed by atoms with Crippen LogP contribution in [0.3, 0.4) is 0 Å². The summed E-state index contributed by atoms with van der Waals surface area (Å²) in [6.07, 6.45) is 0.623. The molecular weight excluding hydrogens is 433 g/mol. The molecule has 0 aromatic heterocycles. The zero-order chi connectivity index (χ0) is 20.8.